The van der Waals surface area contributed by atoms with Crippen LogP contribution >= 0.6 is 0 Å². The summed E-state index contributed by atoms with van der Waals surface area (Å²) in [5, 5.41) is 0. The van der Waals surface area contributed by atoms with E-state index in [1.165, 1.54) is 64.2 Å². The lowest BCUT2D eigenvalue weighted by molar-refractivity contribution is 0.0748. The molecular weight excluding hydrogens is 295 g/mol. The highest BCUT2D eigenvalue weighted by molar-refractivity contribution is 6.42. The van der Waals surface area contributed by atoms with Crippen LogP contribution in [0.15, 0.2) is 23.3 Å². The molecule has 24 heavy (non-hydrogen) atoms. The number of hydrogen-bond acceptors (Lipinski definition) is 2. The fraction of sp³-hybridized carbons (Fsp3) is 0.810. The lowest BCUT2D eigenvalue weighted by Gasteiger charge is -2.28. The highest BCUT2D eigenvalue weighted by atomic mass is 16.6. The number of rotatable bonds is 6. The zero-order valence-corrected chi connectivity index (χ0v) is 15.8. The summed E-state index contributed by atoms with van der Waals surface area (Å²) in [6.45, 7) is 6.16. The van der Waals surface area contributed by atoms with Crippen molar-refractivity contribution >= 4 is 7.12 Å². The molecule has 1 fully saturated rings. The summed E-state index contributed by atoms with van der Waals surface area (Å²) in [5.74, 6) is 2.42. The highest BCUT2D eigenvalue weighted by Gasteiger charge is 2.24. The van der Waals surface area contributed by atoms with Crippen LogP contribution in [0.4, 0.5) is 0 Å². The first-order chi connectivity index (χ1) is 11.7. The van der Waals surface area contributed by atoms with Crippen molar-refractivity contribution in [3.05, 3.63) is 23.3 Å². The second kappa shape index (κ2) is 9.24. The van der Waals surface area contributed by atoms with E-state index in [0.29, 0.717) is 5.92 Å². The quantitative estimate of drug-likeness (QED) is 0.452. The van der Waals surface area contributed by atoms with Gasteiger partial charge < -0.3 is 9.31 Å². The van der Waals surface area contributed by atoms with E-state index in [0.717, 1.165) is 25.0 Å². The van der Waals surface area contributed by atoms with Crippen LogP contribution in [-0.2, 0) is 9.31 Å². The average molecular weight is 330 g/mol. The van der Waals surface area contributed by atoms with Crippen LogP contribution < -0.4 is 0 Å². The molecular formula is C21H35BO2. The Kier molecular flexibility index (Phi) is 7.03. The van der Waals surface area contributed by atoms with Gasteiger partial charge in [-0.15, -0.1) is 0 Å². The van der Waals surface area contributed by atoms with Gasteiger partial charge in [-0.2, -0.15) is 0 Å². The van der Waals surface area contributed by atoms with Gasteiger partial charge in [0.15, 0.2) is 0 Å². The summed E-state index contributed by atoms with van der Waals surface area (Å²) >= 11 is 0. The maximum atomic E-state index is 5.60. The smallest absolute Gasteiger partial charge is 0.411 e. The fourth-order valence-electron chi connectivity index (χ4n) is 4.28. The summed E-state index contributed by atoms with van der Waals surface area (Å²) in [5.41, 5.74) is 3.45. The third kappa shape index (κ3) is 5.77. The Morgan fingerprint density at radius 1 is 0.917 bits per heavy atom. The third-order valence-corrected chi connectivity index (χ3v) is 6.26. The minimum absolute atomic E-state index is 0.00362. The second-order valence-electron chi connectivity index (χ2n) is 8.42. The van der Waals surface area contributed by atoms with Crippen molar-refractivity contribution in [2.24, 2.45) is 17.8 Å². The standard InChI is InChI=1S/C21H35BO2/c1-17-3-5-18(6-4-17)7-8-19-9-11-20(12-10-19)13-14-21-15-23-22(2)24-16-21/h5,9,17,20-21H,3-4,6-8,10-16H2,1-2H3. The van der Waals surface area contributed by atoms with Gasteiger partial charge in [-0.3, -0.25) is 0 Å². The lowest BCUT2D eigenvalue weighted by atomic mass is 9.82. The Morgan fingerprint density at radius 2 is 1.54 bits per heavy atom. The van der Waals surface area contributed by atoms with Gasteiger partial charge in [0.05, 0.1) is 0 Å². The van der Waals surface area contributed by atoms with E-state index in [2.05, 4.69) is 19.1 Å². The first-order valence-corrected chi connectivity index (χ1v) is 10.3. The zero-order chi connectivity index (χ0) is 16.8. The largest absolute Gasteiger partial charge is 0.453 e. The molecule has 1 heterocycles. The molecule has 3 heteroatoms. The first kappa shape index (κ1) is 18.3. The van der Waals surface area contributed by atoms with Crippen molar-refractivity contribution < 1.29 is 9.31 Å². The summed E-state index contributed by atoms with van der Waals surface area (Å²) < 4.78 is 11.2. The van der Waals surface area contributed by atoms with Gasteiger partial charge in [0.2, 0.25) is 0 Å². The van der Waals surface area contributed by atoms with Crippen LogP contribution in [0.25, 0.3) is 0 Å². The van der Waals surface area contributed by atoms with Gasteiger partial charge in [0.1, 0.15) is 0 Å². The topological polar surface area (TPSA) is 18.5 Å². The molecule has 3 aliphatic rings. The van der Waals surface area contributed by atoms with Crippen molar-refractivity contribution in [3.63, 3.8) is 0 Å². The van der Waals surface area contributed by atoms with Crippen molar-refractivity contribution in [2.75, 3.05) is 13.2 Å². The predicted octanol–water partition coefficient (Wildman–Crippen LogP) is 5.80. The molecule has 0 bridgehead atoms. The van der Waals surface area contributed by atoms with Gasteiger partial charge in [-0.05, 0) is 82.9 Å². The van der Waals surface area contributed by atoms with E-state index in [4.69, 9.17) is 9.31 Å². The predicted molar refractivity (Wildman–Crippen MR) is 102 cm³/mol. The second-order valence-corrected chi connectivity index (χ2v) is 8.42. The molecule has 0 N–H and O–H groups in total. The van der Waals surface area contributed by atoms with Gasteiger partial charge in [0.25, 0.3) is 0 Å². The molecule has 0 spiro atoms. The molecule has 134 valence electrons. The van der Waals surface area contributed by atoms with Crippen molar-refractivity contribution in [3.8, 4) is 0 Å². The third-order valence-electron chi connectivity index (χ3n) is 6.26. The Balaban J connectivity index is 1.32. The summed E-state index contributed by atoms with van der Waals surface area (Å²) in [4.78, 5) is 0. The Morgan fingerprint density at radius 3 is 2.12 bits per heavy atom. The molecule has 0 aromatic rings. The van der Waals surface area contributed by atoms with Crippen LogP contribution in [-0.4, -0.2) is 20.3 Å². The van der Waals surface area contributed by atoms with Crippen molar-refractivity contribution in [2.45, 2.75) is 78.0 Å². The van der Waals surface area contributed by atoms with Gasteiger partial charge in [-0.1, -0.05) is 30.2 Å². The first-order valence-electron chi connectivity index (χ1n) is 10.3. The van der Waals surface area contributed by atoms with Crippen LogP contribution in [0, 0.1) is 17.8 Å². The molecule has 2 atom stereocenters. The summed E-state index contributed by atoms with van der Waals surface area (Å²) in [7, 11) is 0.00362. The molecule has 0 radical (unpaired) electrons. The van der Waals surface area contributed by atoms with Gasteiger partial charge >= 0.3 is 7.12 Å². The number of hydrogen-bond donors (Lipinski definition) is 0. The van der Waals surface area contributed by atoms with E-state index < -0.39 is 0 Å². The van der Waals surface area contributed by atoms with E-state index in [1.54, 1.807) is 11.1 Å². The molecule has 1 saturated heterocycles. The fourth-order valence-corrected chi connectivity index (χ4v) is 4.28. The summed E-state index contributed by atoms with van der Waals surface area (Å²) in [6.07, 6.45) is 18.4. The van der Waals surface area contributed by atoms with Gasteiger partial charge in [0, 0.05) is 19.1 Å². The van der Waals surface area contributed by atoms with E-state index in [-0.39, 0.29) is 7.12 Å². The normalized spacial score (nSPS) is 29.3. The average Bonchev–Trinajstić information content (AvgIpc) is 2.62. The molecule has 0 aromatic carbocycles. The Labute approximate surface area is 149 Å². The number of allylic oxidation sites excluding steroid dienone is 4. The maximum absolute atomic E-state index is 5.60. The monoisotopic (exact) mass is 330 g/mol. The Bertz CT molecular complexity index is 449. The van der Waals surface area contributed by atoms with Gasteiger partial charge in [-0.25, -0.2) is 0 Å². The van der Waals surface area contributed by atoms with Crippen LogP contribution in [0.1, 0.15) is 71.1 Å². The van der Waals surface area contributed by atoms with Crippen LogP contribution in [0.2, 0.25) is 6.82 Å². The minimum atomic E-state index is 0.00362. The maximum Gasteiger partial charge on any atom is 0.453 e. The lowest BCUT2D eigenvalue weighted by Crippen LogP contribution is -2.33. The molecule has 1 aliphatic heterocycles. The van der Waals surface area contributed by atoms with Crippen LogP contribution in [0.3, 0.4) is 0 Å². The SMILES string of the molecule is CB1OCC(CCC2CC=C(CCC3=CCC(C)CC3)CC2)CO1. The highest BCUT2D eigenvalue weighted by Crippen LogP contribution is 2.33. The van der Waals surface area contributed by atoms with E-state index in [9.17, 15) is 0 Å². The molecule has 2 nitrogen and oxygen atoms in total. The molecule has 2 unspecified atom stereocenters. The molecule has 0 saturated carbocycles. The van der Waals surface area contributed by atoms with Crippen LogP contribution in [0.5, 0.6) is 0 Å². The minimum Gasteiger partial charge on any atom is -0.411 e. The van der Waals surface area contributed by atoms with Crippen molar-refractivity contribution in [1.29, 1.82) is 0 Å². The van der Waals surface area contributed by atoms with Crippen molar-refractivity contribution in [1.82, 2.24) is 0 Å². The molecule has 3 rings (SSSR count). The summed E-state index contributed by atoms with van der Waals surface area (Å²) in [6, 6.07) is 0. The molecule has 0 amide bonds. The molecule has 0 aromatic heterocycles. The van der Waals surface area contributed by atoms with E-state index in [1.807, 2.05) is 6.82 Å². The Hall–Kier alpha value is -0.535. The zero-order valence-electron chi connectivity index (χ0n) is 15.8. The molecule has 2 aliphatic carbocycles. The van der Waals surface area contributed by atoms with E-state index >= 15 is 0 Å².